The van der Waals surface area contributed by atoms with Crippen molar-refractivity contribution in [3.8, 4) is 5.75 Å². The highest BCUT2D eigenvalue weighted by molar-refractivity contribution is 7.90. The monoisotopic (exact) mass is 670 g/mol. The Morgan fingerprint density at radius 1 is 1.15 bits per heavy atom. The van der Waals surface area contributed by atoms with E-state index in [0.29, 0.717) is 31.9 Å². The Kier molecular flexibility index (Phi) is 8.79. The van der Waals surface area contributed by atoms with Gasteiger partial charge in [-0.1, -0.05) is 36.7 Å². The standard InChI is InChI=1S/C36H47ClN2O6S/c1-23-8-6-17-36(44-5,34(3,4)41)30-13-10-27(30)20-39-21-35(16-7-9-25-18-28(37)12-14-29(25)35)22-45-32-15-11-26(19-31(32)39)33(40)38-46(42,43)24(23)2/h6,11-12,14-15,17-19,23-24,27,30,41H,7-10,13,16,20-22H2,1-5H3,(H,38,40)/b17-6+/t23-,24+,27-,30+,35-,36+/m0/s1. The Bertz CT molecular complexity index is 1640. The third-order valence-corrected chi connectivity index (χ3v) is 13.6. The van der Waals surface area contributed by atoms with Gasteiger partial charge in [-0.15, -0.1) is 0 Å². The van der Waals surface area contributed by atoms with Crippen LogP contribution in [0.15, 0.2) is 48.6 Å². The van der Waals surface area contributed by atoms with Crippen LogP contribution in [0.4, 0.5) is 5.69 Å². The van der Waals surface area contributed by atoms with Gasteiger partial charge in [0.25, 0.3) is 5.91 Å². The van der Waals surface area contributed by atoms with E-state index in [1.165, 1.54) is 11.1 Å². The van der Waals surface area contributed by atoms with E-state index in [9.17, 15) is 18.3 Å². The highest BCUT2D eigenvalue weighted by Crippen LogP contribution is 2.51. The maximum Gasteiger partial charge on any atom is 0.264 e. The van der Waals surface area contributed by atoms with Crippen LogP contribution >= 0.6 is 11.6 Å². The minimum atomic E-state index is -3.98. The molecule has 0 aromatic heterocycles. The average molecular weight is 671 g/mol. The molecule has 6 atom stereocenters. The number of allylic oxidation sites excluding steroid dienone is 1. The predicted octanol–water partition coefficient (Wildman–Crippen LogP) is 6.04. The molecule has 1 spiro atoms. The molecule has 2 aliphatic heterocycles. The number of aliphatic hydroxyl groups is 1. The van der Waals surface area contributed by atoms with Crippen molar-refractivity contribution in [3.05, 3.63) is 70.3 Å². The highest BCUT2D eigenvalue weighted by atomic mass is 35.5. The van der Waals surface area contributed by atoms with Crippen molar-refractivity contribution in [2.45, 2.75) is 88.1 Å². The molecule has 0 saturated heterocycles. The Morgan fingerprint density at radius 3 is 2.63 bits per heavy atom. The second-order valence-corrected chi connectivity index (χ2v) is 17.1. The van der Waals surface area contributed by atoms with Crippen molar-refractivity contribution >= 4 is 33.2 Å². The van der Waals surface area contributed by atoms with E-state index in [-0.39, 0.29) is 28.7 Å². The number of hydrogen-bond acceptors (Lipinski definition) is 7. The molecular weight excluding hydrogens is 624 g/mol. The van der Waals surface area contributed by atoms with Crippen LogP contribution in [-0.2, 0) is 26.6 Å². The molecule has 46 heavy (non-hydrogen) atoms. The molecule has 2 aromatic rings. The molecule has 4 aliphatic rings. The van der Waals surface area contributed by atoms with E-state index in [0.717, 1.165) is 42.8 Å². The molecular formula is C36H47ClN2O6S. The smallest absolute Gasteiger partial charge is 0.264 e. The maximum atomic E-state index is 13.5. The van der Waals surface area contributed by atoms with E-state index in [4.69, 9.17) is 21.1 Å². The van der Waals surface area contributed by atoms with Gasteiger partial charge in [0.1, 0.15) is 11.4 Å². The summed E-state index contributed by atoms with van der Waals surface area (Å²) in [5.41, 5.74) is 1.05. The van der Waals surface area contributed by atoms with Gasteiger partial charge in [-0.3, -0.25) is 4.79 Å². The molecule has 1 fully saturated rings. The molecule has 2 aliphatic carbocycles. The number of ether oxygens (including phenoxy) is 2. The largest absolute Gasteiger partial charge is 0.490 e. The summed E-state index contributed by atoms with van der Waals surface area (Å²) in [6.45, 7) is 8.87. The number of nitrogens with zero attached hydrogens (tertiary/aromatic N) is 1. The number of hydrogen-bond donors (Lipinski definition) is 2. The Labute approximate surface area is 278 Å². The maximum absolute atomic E-state index is 13.5. The lowest BCUT2D eigenvalue weighted by molar-refractivity contribution is -0.181. The second kappa shape index (κ2) is 12.1. The van der Waals surface area contributed by atoms with Crippen LogP contribution < -0.4 is 14.4 Å². The molecule has 6 rings (SSSR count). The van der Waals surface area contributed by atoms with Gasteiger partial charge in [-0.25, -0.2) is 13.1 Å². The molecule has 2 bridgehead atoms. The average Bonchev–Trinajstić information content (AvgIpc) is 3.13. The van der Waals surface area contributed by atoms with E-state index in [2.05, 4.69) is 21.8 Å². The van der Waals surface area contributed by atoms with E-state index < -0.39 is 32.4 Å². The Hall–Kier alpha value is -2.59. The van der Waals surface area contributed by atoms with Crippen molar-refractivity contribution in [2.75, 3.05) is 31.7 Å². The molecule has 1 saturated carbocycles. The van der Waals surface area contributed by atoms with Gasteiger partial charge in [-0.05, 0) is 119 Å². The zero-order valence-corrected chi connectivity index (χ0v) is 29.1. The summed E-state index contributed by atoms with van der Waals surface area (Å²) in [5, 5.41) is 11.5. The van der Waals surface area contributed by atoms with Gasteiger partial charge in [0.15, 0.2) is 0 Å². The van der Waals surface area contributed by atoms with Crippen LogP contribution in [0.25, 0.3) is 0 Å². The lowest BCUT2D eigenvalue weighted by Crippen LogP contribution is -2.61. The summed E-state index contributed by atoms with van der Waals surface area (Å²) in [6.07, 6.45) is 9.12. The van der Waals surface area contributed by atoms with Gasteiger partial charge in [0, 0.05) is 36.2 Å². The number of benzene rings is 2. The summed E-state index contributed by atoms with van der Waals surface area (Å²) in [6, 6.07) is 11.4. The molecule has 10 heteroatoms. The summed E-state index contributed by atoms with van der Waals surface area (Å²) < 4.78 is 42.0. The number of halogens is 1. The SMILES string of the molecule is CO[C@]1(C(C)(C)O)/C=C/C[C@H](C)[C@@H](C)S(=O)(=O)NC(=O)c2ccc3c(c2)N(C[C@@H]2CC[C@H]21)C[C@@]1(CCCc2cc(Cl)ccc21)CO3. The number of carbonyl (C=O) groups excluding carboxylic acids is 1. The molecule has 0 radical (unpaired) electrons. The Balaban J connectivity index is 1.48. The summed E-state index contributed by atoms with van der Waals surface area (Å²) in [7, 11) is -2.32. The van der Waals surface area contributed by atoms with Crippen molar-refractivity contribution in [1.29, 1.82) is 0 Å². The van der Waals surface area contributed by atoms with Crippen molar-refractivity contribution < 1.29 is 27.8 Å². The summed E-state index contributed by atoms with van der Waals surface area (Å²) in [4.78, 5) is 15.8. The number of aryl methyl sites for hydroxylation is 1. The van der Waals surface area contributed by atoms with Crippen LogP contribution in [0.5, 0.6) is 5.75 Å². The predicted molar refractivity (Wildman–Crippen MR) is 181 cm³/mol. The fraction of sp³-hybridized carbons (Fsp3) is 0.583. The molecule has 0 unspecified atom stereocenters. The molecule has 2 aromatic carbocycles. The summed E-state index contributed by atoms with van der Waals surface area (Å²) >= 11 is 6.43. The molecule has 8 nitrogen and oxygen atoms in total. The number of fused-ring (bicyclic) bond motifs is 4. The summed E-state index contributed by atoms with van der Waals surface area (Å²) in [5.74, 6) is -0.0665. The fourth-order valence-electron chi connectivity index (χ4n) is 8.38. The number of methoxy groups -OCH3 is 1. The number of carbonyl (C=O) groups is 1. The quantitative estimate of drug-likeness (QED) is 0.376. The molecule has 2 heterocycles. The number of nitrogens with one attached hydrogen (secondary N) is 1. The van der Waals surface area contributed by atoms with Crippen LogP contribution in [0.2, 0.25) is 5.02 Å². The highest BCUT2D eigenvalue weighted by Gasteiger charge is 2.55. The number of anilines is 1. The minimum Gasteiger partial charge on any atom is -0.490 e. The first-order chi connectivity index (χ1) is 21.7. The first-order valence-electron chi connectivity index (χ1n) is 16.5. The van der Waals surface area contributed by atoms with Gasteiger partial charge in [-0.2, -0.15) is 0 Å². The second-order valence-electron chi connectivity index (χ2n) is 14.6. The van der Waals surface area contributed by atoms with E-state index in [1.807, 2.05) is 25.1 Å². The van der Waals surface area contributed by atoms with Crippen LogP contribution in [0.1, 0.15) is 81.3 Å². The minimum absolute atomic E-state index is 0.0191. The van der Waals surface area contributed by atoms with Crippen LogP contribution in [0, 0.1) is 17.8 Å². The normalized spacial score (nSPS) is 33.5. The first-order valence-corrected chi connectivity index (χ1v) is 18.4. The lowest BCUT2D eigenvalue weighted by atomic mass is 9.59. The zero-order valence-electron chi connectivity index (χ0n) is 27.5. The fourth-order valence-corrected chi connectivity index (χ4v) is 9.86. The number of sulfonamides is 1. The van der Waals surface area contributed by atoms with Crippen molar-refractivity contribution in [1.82, 2.24) is 4.72 Å². The van der Waals surface area contributed by atoms with E-state index >= 15 is 0 Å². The van der Waals surface area contributed by atoms with Crippen molar-refractivity contribution in [3.63, 3.8) is 0 Å². The third kappa shape index (κ3) is 5.75. The number of amides is 1. The van der Waals surface area contributed by atoms with E-state index in [1.54, 1.807) is 46.1 Å². The van der Waals surface area contributed by atoms with Gasteiger partial charge in [0.05, 0.1) is 23.1 Å². The van der Waals surface area contributed by atoms with Gasteiger partial charge >= 0.3 is 0 Å². The van der Waals surface area contributed by atoms with Gasteiger partial charge in [0.2, 0.25) is 10.0 Å². The number of rotatable bonds is 2. The van der Waals surface area contributed by atoms with Crippen molar-refractivity contribution in [2.24, 2.45) is 17.8 Å². The van der Waals surface area contributed by atoms with Gasteiger partial charge < -0.3 is 19.5 Å². The van der Waals surface area contributed by atoms with Crippen LogP contribution in [0.3, 0.4) is 0 Å². The topological polar surface area (TPSA) is 105 Å². The molecule has 2 N–H and O–H groups in total. The Morgan fingerprint density at radius 2 is 1.93 bits per heavy atom. The molecule has 1 amide bonds. The molecule has 250 valence electrons. The van der Waals surface area contributed by atoms with Crippen LogP contribution in [-0.4, -0.2) is 62.7 Å². The third-order valence-electron chi connectivity index (χ3n) is 11.4. The zero-order chi connectivity index (χ0) is 33.1. The lowest BCUT2D eigenvalue weighted by Gasteiger charge is -2.54. The first kappa shape index (κ1) is 33.3.